The van der Waals surface area contributed by atoms with Crippen molar-refractivity contribution in [2.24, 2.45) is 0 Å². The van der Waals surface area contributed by atoms with Gasteiger partial charge in [0.15, 0.2) is 12.9 Å². The lowest BCUT2D eigenvalue weighted by molar-refractivity contribution is 0.0988. The third-order valence-electron chi connectivity index (χ3n) is 5.09. The second-order valence-corrected chi connectivity index (χ2v) is 10.1. The van der Waals surface area contributed by atoms with Crippen LogP contribution in [0.25, 0.3) is 0 Å². The van der Waals surface area contributed by atoms with E-state index < -0.39 is 7.14 Å². The molecule has 0 aromatic heterocycles. The Labute approximate surface area is 171 Å². The third-order valence-corrected chi connectivity index (χ3v) is 8.64. The molecule has 0 saturated carbocycles. The molecule has 0 amide bonds. The summed E-state index contributed by atoms with van der Waals surface area (Å²) >= 11 is 5.83. The number of rotatable bonds is 6. The number of Topliss-reactive ketones (excluding diaryl/α,β-unsaturated/α-hetero) is 1. The number of carbonyl (C=O) groups excluding carboxylic acids is 1. The first-order chi connectivity index (χ1) is 13.4. The van der Waals surface area contributed by atoms with Crippen LogP contribution >= 0.6 is 18.7 Å². The van der Waals surface area contributed by atoms with Crippen molar-refractivity contribution in [3.05, 3.63) is 89.0 Å². The SMILES string of the molecule is Cc1cc(C)c(P(=O)(c2ccccc2)c2ccccc2)c(C)c1C(=O)CCCl. The Morgan fingerprint density at radius 3 is 1.82 bits per heavy atom. The van der Waals surface area contributed by atoms with Gasteiger partial charge in [-0.2, -0.15) is 0 Å². The Hall–Kier alpha value is -2.15. The van der Waals surface area contributed by atoms with E-state index in [1.807, 2.05) is 87.5 Å². The van der Waals surface area contributed by atoms with Gasteiger partial charge in [0.05, 0.1) is 0 Å². The Morgan fingerprint density at radius 1 is 0.857 bits per heavy atom. The normalized spacial score (nSPS) is 11.4. The highest BCUT2D eigenvalue weighted by Crippen LogP contribution is 2.45. The van der Waals surface area contributed by atoms with Crippen LogP contribution in [0.1, 0.15) is 33.5 Å². The quantitative estimate of drug-likeness (QED) is 0.323. The number of alkyl halides is 1. The van der Waals surface area contributed by atoms with Crippen molar-refractivity contribution in [3.8, 4) is 0 Å². The van der Waals surface area contributed by atoms with E-state index in [1.54, 1.807) is 0 Å². The van der Waals surface area contributed by atoms with Crippen LogP contribution < -0.4 is 15.9 Å². The molecule has 0 spiro atoms. The van der Waals surface area contributed by atoms with Gasteiger partial charge in [-0.05, 0) is 37.5 Å². The molecule has 3 aromatic carbocycles. The van der Waals surface area contributed by atoms with E-state index in [0.29, 0.717) is 5.56 Å². The molecule has 0 fully saturated rings. The number of carbonyl (C=O) groups is 1. The number of aryl methyl sites for hydroxylation is 2. The van der Waals surface area contributed by atoms with Crippen LogP contribution in [-0.2, 0) is 4.57 Å². The average Bonchev–Trinajstić information content (AvgIpc) is 2.69. The molecule has 0 radical (unpaired) electrons. The zero-order chi connectivity index (χ0) is 20.3. The maximum Gasteiger partial charge on any atom is 0.171 e. The van der Waals surface area contributed by atoms with Crippen LogP contribution in [0.3, 0.4) is 0 Å². The molecular weight excluding hydrogens is 387 g/mol. The van der Waals surface area contributed by atoms with Gasteiger partial charge in [-0.1, -0.05) is 66.7 Å². The second kappa shape index (κ2) is 8.47. The molecule has 4 heteroatoms. The van der Waals surface area contributed by atoms with E-state index in [-0.39, 0.29) is 18.1 Å². The number of benzene rings is 3. The van der Waals surface area contributed by atoms with Crippen LogP contribution in [0.15, 0.2) is 66.7 Å². The Bertz CT molecular complexity index is 1000. The van der Waals surface area contributed by atoms with Crippen LogP contribution in [0, 0.1) is 20.8 Å². The molecule has 0 aliphatic heterocycles. The molecule has 0 bridgehead atoms. The van der Waals surface area contributed by atoms with Crippen molar-refractivity contribution in [1.29, 1.82) is 0 Å². The molecule has 0 N–H and O–H groups in total. The minimum absolute atomic E-state index is 0.000997. The van der Waals surface area contributed by atoms with Gasteiger partial charge >= 0.3 is 0 Å². The van der Waals surface area contributed by atoms with Crippen molar-refractivity contribution >= 4 is 40.4 Å². The number of halogens is 1. The number of hydrogen-bond acceptors (Lipinski definition) is 2. The molecular formula is C24H24ClO2P. The van der Waals surface area contributed by atoms with E-state index in [4.69, 9.17) is 11.6 Å². The minimum Gasteiger partial charge on any atom is -0.309 e. The van der Waals surface area contributed by atoms with E-state index in [1.165, 1.54) is 0 Å². The Kier molecular flexibility index (Phi) is 6.23. The van der Waals surface area contributed by atoms with Crippen molar-refractivity contribution < 1.29 is 9.36 Å². The number of ketones is 1. The zero-order valence-corrected chi connectivity index (χ0v) is 18.1. The van der Waals surface area contributed by atoms with Gasteiger partial charge < -0.3 is 4.57 Å². The summed E-state index contributed by atoms with van der Waals surface area (Å²) in [5.41, 5.74) is 3.28. The fourth-order valence-electron chi connectivity index (χ4n) is 3.98. The first kappa shape index (κ1) is 20.6. The molecule has 28 heavy (non-hydrogen) atoms. The minimum atomic E-state index is -3.14. The van der Waals surface area contributed by atoms with Gasteiger partial charge in [0.25, 0.3) is 0 Å². The van der Waals surface area contributed by atoms with Crippen LogP contribution in [0.5, 0.6) is 0 Å². The number of hydrogen-bond donors (Lipinski definition) is 0. The maximum absolute atomic E-state index is 14.8. The maximum atomic E-state index is 14.8. The third kappa shape index (κ3) is 3.60. The summed E-state index contributed by atoms with van der Waals surface area (Å²) in [5.74, 6) is 0.273. The molecule has 144 valence electrons. The summed E-state index contributed by atoms with van der Waals surface area (Å²) in [6, 6.07) is 21.1. The summed E-state index contributed by atoms with van der Waals surface area (Å²) in [4.78, 5) is 12.8. The van der Waals surface area contributed by atoms with Crippen molar-refractivity contribution in [3.63, 3.8) is 0 Å². The molecule has 0 saturated heterocycles. The molecule has 2 nitrogen and oxygen atoms in total. The van der Waals surface area contributed by atoms with Crippen molar-refractivity contribution in [2.45, 2.75) is 27.2 Å². The van der Waals surface area contributed by atoms with E-state index in [9.17, 15) is 9.36 Å². The lowest BCUT2D eigenvalue weighted by atomic mass is 9.95. The molecule has 0 aliphatic rings. The largest absolute Gasteiger partial charge is 0.309 e. The van der Waals surface area contributed by atoms with Gasteiger partial charge in [0.2, 0.25) is 0 Å². The molecule has 0 atom stereocenters. The fourth-order valence-corrected chi connectivity index (χ4v) is 7.30. The molecule has 3 rings (SSSR count). The zero-order valence-electron chi connectivity index (χ0n) is 16.4. The van der Waals surface area contributed by atoms with E-state index in [2.05, 4.69) is 0 Å². The van der Waals surface area contributed by atoms with Gasteiger partial charge in [0.1, 0.15) is 0 Å². The fraction of sp³-hybridized carbons (Fsp3) is 0.208. The lowest BCUT2D eigenvalue weighted by Crippen LogP contribution is -2.30. The van der Waals surface area contributed by atoms with Gasteiger partial charge in [-0.3, -0.25) is 4.79 Å². The first-order valence-corrected chi connectivity index (χ1v) is 11.6. The molecule has 3 aromatic rings. The van der Waals surface area contributed by atoms with Gasteiger partial charge in [-0.25, -0.2) is 0 Å². The standard InChI is InChI=1S/C24H24ClO2P/c1-17-16-18(2)24(19(3)23(17)22(26)14-15-25)28(27,20-10-6-4-7-11-20)21-12-8-5-9-13-21/h4-13,16H,14-15H2,1-3H3. The summed E-state index contributed by atoms with van der Waals surface area (Å²) in [5, 5.41) is 2.30. The topological polar surface area (TPSA) is 34.1 Å². The van der Waals surface area contributed by atoms with Crippen LogP contribution in [0.4, 0.5) is 0 Å². The smallest absolute Gasteiger partial charge is 0.171 e. The summed E-state index contributed by atoms with van der Waals surface area (Å²) < 4.78 is 14.8. The first-order valence-electron chi connectivity index (χ1n) is 9.33. The molecule has 0 heterocycles. The monoisotopic (exact) mass is 410 g/mol. The Morgan fingerprint density at radius 2 is 1.36 bits per heavy atom. The van der Waals surface area contributed by atoms with Gasteiger partial charge in [0, 0.05) is 33.8 Å². The van der Waals surface area contributed by atoms with Crippen LogP contribution in [0.2, 0.25) is 0 Å². The average molecular weight is 411 g/mol. The summed E-state index contributed by atoms with van der Waals surface area (Å²) in [7, 11) is -3.14. The molecule has 0 unspecified atom stereocenters. The summed E-state index contributed by atoms with van der Waals surface area (Å²) in [6.45, 7) is 5.82. The predicted octanol–water partition coefficient (Wildman–Crippen LogP) is 5.06. The highest BCUT2D eigenvalue weighted by atomic mass is 35.5. The molecule has 0 aliphatic carbocycles. The summed E-state index contributed by atoms with van der Waals surface area (Å²) in [6.07, 6.45) is 0.271. The second-order valence-electron chi connectivity index (χ2n) is 7.00. The lowest BCUT2D eigenvalue weighted by Gasteiger charge is -2.26. The highest BCUT2D eigenvalue weighted by Gasteiger charge is 2.34. The van der Waals surface area contributed by atoms with E-state index >= 15 is 0 Å². The van der Waals surface area contributed by atoms with Crippen molar-refractivity contribution in [2.75, 3.05) is 5.88 Å². The highest BCUT2D eigenvalue weighted by molar-refractivity contribution is 7.85. The van der Waals surface area contributed by atoms with Gasteiger partial charge in [-0.15, -0.1) is 11.6 Å². The Balaban J connectivity index is 2.38. The van der Waals surface area contributed by atoms with E-state index in [0.717, 1.165) is 32.6 Å². The van der Waals surface area contributed by atoms with Crippen molar-refractivity contribution in [1.82, 2.24) is 0 Å². The van der Waals surface area contributed by atoms with Crippen LogP contribution in [-0.4, -0.2) is 11.7 Å². The predicted molar refractivity (Wildman–Crippen MR) is 120 cm³/mol.